The normalized spacial score (nSPS) is 23.5. The van der Waals surface area contributed by atoms with Crippen LogP contribution in [0.3, 0.4) is 0 Å². The number of para-hydroxylation sites is 1. The number of aliphatic hydroxyl groups excluding tert-OH is 2. The number of hydrogen-bond donors (Lipinski definition) is 3. The van der Waals surface area contributed by atoms with Gasteiger partial charge in [-0.1, -0.05) is 18.6 Å². The van der Waals surface area contributed by atoms with Gasteiger partial charge in [0.2, 0.25) is 0 Å². The average molecular weight is 535 g/mol. The fourth-order valence-electron chi connectivity index (χ4n) is 5.86. The Morgan fingerprint density at radius 3 is 2.59 bits per heavy atom. The molecule has 1 aromatic carbocycles. The number of nitrogens with zero attached hydrogens (tertiary/aromatic N) is 3. The van der Waals surface area contributed by atoms with Gasteiger partial charge in [-0.25, -0.2) is 0 Å². The molecule has 9 heteroatoms. The monoisotopic (exact) mass is 534 g/mol. The van der Waals surface area contributed by atoms with Crippen molar-refractivity contribution in [2.45, 2.75) is 57.3 Å². The van der Waals surface area contributed by atoms with Crippen LogP contribution in [0.4, 0.5) is 0 Å². The van der Waals surface area contributed by atoms with Crippen LogP contribution < -0.4 is 0 Å². The van der Waals surface area contributed by atoms with Gasteiger partial charge in [-0.3, -0.25) is 19.5 Å². The van der Waals surface area contributed by atoms with Gasteiger partial charge >= 0.3 is 5.97 Å². The molecule has 2 saturated heterocycles. The van der Waals surface area contributed by atoms with E-state index in [1.165, 1.54) is 5.56 Å². The number of cyclic esters (lactones) is 1. The minimum absolute atomic E-state index is 0.105. The molecule has 3 N–H and O–H groups in total. The van der Waals surface area contributed by atoms with Gasteiger partial charge in [0.1, 0.15) is 12.7 Å². The van der Waals surface area contributed by atoms with Gasteiger partial charge in [-0.05, 0) is 75.0 Å². The minimum Gasteiger partial charge on any atom is -0.462 e. The third-order valence-corrected chi connectivity index (χ3v) is 8.36. The van der Waals surface area contributed by atoms with Crippen LogP contribution in [0.15, 0.2) is 55.0 Å². The first-order valence-corrected chi connectivity index (χ1v) is 14.0. The summed E-state index contributed by atoms with van der Waals surface area (Å²) in [5.41, 5.74) is 1.95. The number of aromatic nitrogens is 2. The van der Waals surface area contributed by atoms with Crippen LogP contribution in [0.5, 0.6) is 0 Å². The molecule has 0 aliphatic carbocycles. The molecule has 0 bridgehead atoms. The quantitative estimate of drug-likeness (QED) is 0.442. The lowest BCUT2D eigenvalue weighted by molar-refractivity contribution is -0.165. The van der Waals surface area contributed by atoms with E-state index >= 15 is 0 Å². The van der Waals surface area contributed by atoms with Crippen LogP contribution in [0.1, 0.15) is 54.4 Å². The topological polar surface area (TPSA) is 119 Å². The van der Waals surface area contributed by atoms with E-state index in [9.17, 15) is 19.8 Å². The Kier molecular flexibility index (Phi) is 8.60. The Morgan fingerprint density at radius 1 is 1.00 bits per heavy atom. The van der Waals surface area contributed by atoms with Crippen molar-refractivity contribution in [1.82, 2.24) is 19.8 Å². The fourth-order valence-corrected chi connectivity index (χ4v) is 5.86. The summed E-state index contributed by atoms with van der Waals surface area (Å²) < 4.78 is 5.61. The molecular weight excluding hydrogens is 496 g/mol. The van der Waals surface area contributed by atoms with Gasteiger partial charge in [0.05, 0.1) is 22.6 Å². The Hall–Kier alpha value is -3.27. The smallest absolute Gasteiger partial charge is 0.312 e. The largest absolute Gasteiger partial charge is 0.462 e. The number of likely N-dealkylation sites (tertiary alicyclic amines) is 1. The number of aromatic amines is 1. The highest BCUT2D eigenvalue weighted by Gasteiger charge is 2.42. The first-order chi connectivity index (χ1) is 18.9. The minimum atomic E-state index is -1.21. The van der Waals surface area contributed by atoms with E-state index in [0.717, 1.165) is 43.4 Å². The zero-order valence-corrected chi connectivity index (χ0v) is 22.3. The molecule has 208 valence electrons. The van der Waals surface area contributed by atoms with E-state index in [4.69, 9.17) is 4.74 Å². The SMILES string of the molecule is O=C(c1cccc2cc[nH]c12)N1CCCCC2(CCN(Cc3ccncc3)CC2)C(=O)OC[C@@H](O)[C@@H](O)CC1. The third-order valence-electron chi connectivity index (χ3n) is 8.36. The molecule has 2 fully saturated rings. The molecule has 1 spiro atoms. The lowest BCUT2D eigenvalue weighted by Gasteiger charge is -2.40. The molecule has 2 aliphatic heterocycles. The van der Waals surface area contributed by atoms with Crippen LogP contribution in [-0.4, -0.2) is 86.9 Å². The maximum absolute atomic E-state index is 13.6. The summed E-state index contributed by atoms with van der Waals surface area (Å²) in [5, 5.41) is 22.1. The number of ether oxygens (including phenoxy) is 1. The molecule has 0 saturated carbocycles. The maximum atomic E-state index is 13.6. The second-order valence-electron chi connectivity index (χ2n) is 10.9. The van der Waals surface area contributed by atoms with Gasteiger partial charge in [-0.15, -0.1) is 0 Å². The lowest BCUT2D eigenvalue weighted by Crippen LogP contribution is -2.45. The van der Waals surface area contributed by atoms with Crippen molar-refractivity contribution < 1.29 is 24.5 Å². The van der Waals surface area contributed by atoms with E-state index in [1.807, 2.05) is 42.6 Å². The predicted molar refractivity (Wildman–Crippen MR) is 147 cm³/mol. The van der Waals surface area contributed by atoms with Crippen molar-refractivity contribution >= 4 is 22.8 Å². The van der Waals surface area contributed by atoms with Gasteiger partial charge in [0.15, 0.2) is 0 Å². The van der Waals surface area contributed by atoms with E-state index in [-0.39, 0.29) is 24.9 Å². The van der Waals surface area contributed by atoms with Crippen molar-refractivity contribution in [1.29, 1.82) is 0 Å². The number of fused-ring (bicyclic) bond motifs is 1. The first-order valence-electron chi connectivity index (χ1n) is 14.0. The van der Waals surface area contributed by atoms with Crippen molar-refractivity contribution in [3.63, 3.8) is 0 Å². The molecule has 4 heterocycles. The fraction of sp³-hybridized carbons (Fsp3) is 0.500. The molecular formula is C30H38N4O5. The number of carbonyl (C=O) groups excluding carboxylic acids is 2. The van der Waals surface area contributed by atoms with Crippen LogP contribution in [0, 0.1) is 5.41 Å². The molecule has 9 nitrogen and oxygen atoms in total. The Labute approximate surface area is 228 Å². The third kappa shape index (κ3) is 6.32. The highest BCUT2D eigenvalue weighted by atomic mass is 16.5. The van der Waals surface area contributed by atoms with Crippen LogP contribution >= 0.6 is 0 Å². The number of nitrogens with one attached hydrogen (secondary N) is 1. The Morgan fingerprint density at radius 2 is 1.79 bits per heavy atom. The molecule has 3 aromatic rings. The summed E-state index contributed by atoms with van der Waals surface area (Å²) in [6, 6.07) is 11.6. The second kappa shape index (κ2) is 12.3. The molecule has 39 heavy (non-hydrogen) atoms. The summed E-state index contributed by atoms with van der Waals surface area (Å²) in [6.07, 6.45) is 6.82. The highest BCUT2D eigenvalue weighted by molar-refractivity contribution is 6.05. The van der Waals surface area contributed by atoms with Crippen molar-refractivity contribution in [3.05, 3.63) is 66.1 Å². The van der Waals surface area contributed by atoms with Gasteiger partial charge in [0, 0.05) is 43.6 Å². The zero-order chi connectivity index (χ0) is 27.2. The highest BCUT2D eigenvalue weighted by Crippen LogP contribution is 2.39. The predicted octanol–water partition coefficient (Wildman–Crippen LogP) is 3.13. The number of carbonyl (C=O) groups is 2. The summed E-state index contributed by atoms with van der Waals surface area (Å²) in [4.78, 5) is 38.3. The summed E-state index contributed by atoms with van der Waals surface area (Å²) in [7, 11) is 0. The lowest BCUT2D eigenvalue weighted by atomic mass is 9.74. The Bertz CT molecular complexity index is 1250. The van der Waals surface area contributed by atoms with E-state index in [2.05, 4.69) is 14.9 Å². The molecule has 5 rings (SSSR count). The number of hydrogen-bond acceptors (Lipinski definition) is 7. The summed E-state index contributed by atoms with van der Waals surface area (Å²) >= 11 is 0. The number of aliphatic hydroxyl groups is 2. The Balaban J connectivity index is 1.28. The van der Waals surface area contributed by atoms with Crippen molar-refractivity contribution in [2.75, 3.05) is 32.8 Å². The number of pyridine rings is 1. The van der Waals surface area contributed by atoms with Crippen molar-refractivity contribution in [2.24, 2.45) is 5.41 Å². The van der Waals surface area contributed by atoms with Gasteiger partial charge in [-0.2, -0.15) is 0 Å². The molecule has 1 amide bonds. The van der Waals surface area contributed by atoms with Gasteiger partial charge < -0.3 is 24.8 Å². The summed E-state index contributed by atoms with van der Waals surface area (Å²) in [6.45, 7) is 2.91. The number of piperidine rings is 1. The number of esters is 1. The number of H-pyrrole nitrogens is 1. The van der Waals surface area contributed by atoms with Crippen LogP contribution in [0.2, 0.25) is 0 Å². The first kappa shape index (κ1) is 27.3. The molecule has 2 aromatic heterocycles. The van der Waals surface area contributed by atoms with Gasteiger partial charge in [0.25, 0.3) is 5.91 Å². The van der Waals surface area contributed by atoms with E-state index < -0.39 is 17.6 Å². The number of benzene rings is 1. The molecule has 2 atom stereocenters. The number of rotatable bonds is 3. The molecule has 2 aliphatic rings. The van der Waals surface area contributed by atoms with Crippen molar-refractivity contribution in [3.8, 4) is 0 Å². The number of amides is 1. The maximum Gasteiger partial charge on any atom is 0.312 e. The van der Waals surface area contributed by atoms with Crippen LogP contribution in [-0.2, 0) is 16.1 Å². The second-order valence-corrected chi connectivity index (χ2v) is 10.9. The van der Waals surface area contributed by atoms with E-state index in [1.54, 1.807) is 17.3 Å². The summed E-state index contributed by atoms with van der Waals surface area (Å²) in [5.74, 6) is -0.394. The molecule has 0 radical (unpaired) electrons. The zero-order valence-electron chi connectivity index (χ0n) is 22.3. The van der Waals surface area contributed by atoms with Crippen LogP contribution in [0.25, 0.3) is 10.9 Å². The standard InChI is InChI=1S/C30H38N4O5/c35-25-9-17-34(28(37)24-5-3-4-23-8-15-32-27(23)24)16-2-1-10-30(29(38)39-21-26(25)36)11-18-33(19-12-30)20-22-6-13-31-14-7-22/h3-8,13-15,25-26,32,35-36H,1-2,9-12,16-21H2/t25-,26+/m0/s1. The molecule has 0 unspecified atom stereocenters. The van der Waals surface area contributed by atoms with E-state index in [0.29, 0.717) is 37.9 Å². The average Bonchev–Trinajstić information content (AvgIpc) is 3.45.